The van der Waals surface area contributed by atoms with E-state index < -0.39 is 0 Å². The Morgan fingerprint density at radius 3 is 2.54 bits per heavy atom. The minimum atomic E-state index is -0.373. The van der Waals surface area contributed by atoms with Gasteiger partial charge in [0.05, 0.1) is 12.5 Å². The van der Waals surface area contributed by atoms with Crippen LogP contribution in [0.2, 0.25) is 0 Å². The molecule has 1 unspecified atom stereocenters. The largest absolute Gasteiger partial charge is 0.465 e. The van der Waals surface area contributed by atoms with Crippen LogP contribution in [0.5, 0.6) is 0 Å². The highest BCUT2D eigenvalue weighted by atomic mass is 16.5. The number of nitrogens with one attached hydrogen (secondary N) is 1. The fourth-order valence-electron chi connectivity index (χ4n) is 0.891. The van der Waals surface area contributed by atoms with Gasteiger partial charge in [0, 0.05) is 5.71 Å². The molecule has 0 rings (SSSR count). The van der Waals surface area contributed by atoms with Crippen LogP contribution in [-0.4, -0.2) is 18.3 Å². The number of esters is 1. The summed E-state index contributed by atoms with van der Waals surface area (Å²) in [4.78, 5) is 11.3. The van der Waals surface area contributed by atoms with E-state index >= 15 is 0 Å². The van der Waals surface area contributed by atoms with E-state index in [9.17, 15) is 4.79 Å². The lowest BCUT2D eigenvalue weighted by Crippen LogP contribution is -2.22. The van der Waals surface area contributed by atoms with Crippen LogP contribution in [-0.2, 0) is 9.53 Å². The van der Waals surface area contributed by atoms with Gasteiger partial charge in [0.2, 0.25) is 0 Å². The van der Waals surface area contributed by atoms with Crippen LogP contribution in [0.4, 0.5) is 0 Å². The fourth-order valence-corrected chi connectivity index (χ4v) is 0.891. The van der Waals surface area contributed by atoms with E-state index in [2.05, 4.69) is 0 Å². The molecule has 0 aliphatic rings. The van der Waals surface area contributed by atoms with Crippen molar-refractivity contribution in [3.8, 4) is 0 Å². The third-order valence-corrected chi connectivity index (χ3v) is 2.00. The van der Waals surface area contributed by atoms with E-state index in [4.69, 9.17) is 10.1 Å². The van der Waals surface area contributed by atoms with Crippen LogP contribution in [0.15, 0.2) is 0 Å². The standard InChI is InChI=1S/C10H19NO2/c1-4-6-7-13-10(12)8(3)9(11)5-2/h8,11H,4-7H2,1-3H3. The average molecular weight is 185 g/mol. The van der Waals surface area contributed by atoms with Crippen LogP contribution < -0.4 is 0 Å². The maximum atomic E-state index is 11.3. The minimum Gasteiger partial charge on any atom is -0.465 e. The zero-order valence-corrected chi connectivity index (χ0v) is 8.72. The molecule has 0 aliphatic heterocycles. The Balaban J connectivity index is 3.76. The summed E-state index contributed by atoms with van der Waals surface area (Å²) >= 11 is 0. The summed E-state index contributed by atoms with van der Waals surface area (Å²) in [6.45, 7) is 6.13. The Kier molecular flexibility index (Phi) is 6.20. The van der Waals surface area contributed by atoms with Gasteiger partial charge in [-0.05, 0) is 19.8 Å². The second kappa shape index (κ2) is 6.63. The van der Waals surface area contributed by atoms with Crippen LogP contribution in [0.1, 0.15) is 40.0 Å². The number of hydrogen-bond acceptors (Lipinski definition) is 3. The predicted molar refractivity (Wildman–Crippen MR) is 53.0 cm³/mol. The Morgan fingerprint density at radius 2 is 2.08 bits per heavy atom. The zero-order chi connectivity index (χ0) is 10.3. The second-order valence-corrected chi connectivity index (χ2v) is 3.12. The van der Waals surface area contributed by atoms with Gasteiger partial charge < -0.3 is 10.1 Å². The Bertz CT molecular complexity index is 178. The van der Waals surface area contributed by atoms with Gasteiger partial charge in [0.25, 0.3) is 0 Å². The van der Waals surface area contributed by atoms with Gasteiger partial charge in [0.15, 0.2) is 0 Å². The lowest BCUT2D eigenvalue weighted by molar-refractivity contribution is -0.145. The van der Waals surface area contributed by atoms with Crippen LogP contribution in [0.3, 0.4) is 0 Å². The zero-order valence-electron chi connectivity index (χ0n) is 8.72. The summed E-state index contributed by atoms with van der Waals surface area (Å²) in [7, 11) is 0. The number of hydrogen-bond donors (Lipinski definition) is 1. The molecule has 0 fully saturated rings. The van der Waals surface area contributed by atoms with Crippen molar-refractivity contribution in [1.82, 2.24) is 0 Å². The molecule has 0 aromatic rings. The first kappa shape index (κ1) is 12.1. The Hall–Kier alpha value is -0.860. The van der Waals surface area contributed by atoms with Crippen molar-refractivity contribution >= 4 is 11.7 Å². The van der Waals surface area contributed by atoms with Gasteiger partial charge in [-0.1, -0.05) is 20.3 Å². The predicted octanol–water partition coefficient (Wildman–Crippen LogP) is 2.40. The van der Waals surface area contributed by atoms with E-state index in [1.807, 2.05) is 13.8 Å². The molecule has 0 spiro atoms. The summed E-state index contributed by atoms with van der Waals surface area (Å²) in [6.07, 6.45) is 2.54. The summed E-state index contributed by atoms with van der Waals surface area (Å²) < 4.78 is 4.99. The van der Waals surface area contributed by atoms with Crippen LogP contribution in [0.25, 0.3) is 0 Å². The summed E-state index contributed by atoms with van der Waals surface area (Å²) in [5, 5.41) is 7.45. The third kappa shape index (κ3) is 4.65. The van der Waals surface area contributed by atoms with Gasteiger partial charge in [-0.15, -0.1) is 0 Å². The molecule has 0 aliphatic carbocycles. The molecule has 76 valence electrons. The van der Waals surface area contributed by atoms with Crippen molar-refractivity contribution in [2.24, 2.45) is 5.92 Å². The first-order valence-electron chi connectivity index (χ1n) is 4.87. The molecule has 0 saturated heterocycles. The highest BCUT2D eigenvalue weighted by molar-refractivity contribution is 5.99. The van der Waals surface area contributed by atoms with E-state index in [-0.39, 0.29) is 11.9 Å². The number of ether oxygens (including phenoxy) is 1. The molecule has 0 aromatic heterocycles. The van der Waals surface area contributed by atoms with Gasteiger partial charge >= 0.3 is 5.97 Å². The normalized spacial score (nSPS) is 12.2. The molecule has 0 amide bonds. The van der Waals surface area contributed by atoms with Gasteiger partial charge in [-0.2, -0.15) is 0 Å². The SMILES string of the molecule is CCCCOC(=O)C(C)C(=N)CC. The van der Waals surface area contributed by atoms with E-state index in [1.165, 1.54) is 0 Å². The molecule has 1 atom stereocenters. The molecule has 1 N–H and O–H groups in total. The highest BCUT2D eigenvalue weighted by Gasteiger charge is 2.17. The van der Waals surface area contributed by atoms with Crippen LogP contribution >= 0.6 is 0 Å². The molecule has 0 heterocycles. The van der Waals surface area contributed by atoms with Gasteiger partial charge in [-0.25, -0.2) is 0 Å². The maximum absolute atomic E-state index is 11.3. The molecule has 0 radical (unpaired) electrons. The van der Waals surface area contributed by atoms with E-state index in [1.54, 1.807) is 6.92 Å². The molecular formula is C10H19NO2. The van der Waals surface area contributed by atoms with Gasteiger partial charge in [0.1, 0.15) is 0 Å². The quantitative estimate of drug-likeness (QED) is 0.392. The smallest absolute Gasteiger partial charge is 0.314 e. The monoisotopic (exact) mass is 185 g/mol. The molecule has 0 bridgehead atoms. The topological polar surface area (TPSA) is 50.2 Å². The number of unbranched alkanes of at least 4 members (excludes halogenated alkanes) is 1. The number of carbonyl (C=O) groups is 1. The lowest BCUT2D eigenvalue weighted by Gasteiger charge is -2.10. The van der Waals surface area contributed by atoms with Crippen molar-refractivity contribution in [3.05, 3.63) is 0 Å². The Labute approximate surface area is 80.0 Å². The van der Waals surface area contributed by atoms with Gasteiger partial charge in [-0.3, -0.25) is 4.79 Å². The maximum Gasteiger partial charge on any atom is 0.314 e. The van der Waals surface area contributed by atoms with E-state index in [0.717, 1.165) is 12.8 Å². The van der Waals surface area contributed by atoms with Crippen LogP contribution in [0, 0.1) is 11.3 Å². The molecule has 3 nitrogen and oxygen atoms in total. The highest BCUT2D eigenvalue weighted by Crippen LogP contribution is 2.04. The van der Waals surface area contributed by atoms with Crippen molar-refractivity contribution in [2.75, 3.05) is 6.61 Å². The summed E-state index contributed by atoms with van der Waals surface area (Å²) in [5.41, 5.74) is 0.446. The first-order valence-corrected chi connectivity index (χ1v) is 4.87. The second-order valence-electron chi connectivity index (χ2n) is 3.12. The Morgan fingerprint density at radius 1 is 1.46 bits per heavy atom. The number of rotatable bonds is 6. The number of carbonyl (C=O) groups excluding carboxylic acids is 1. The minimum absolute atomic E-state index is 0.264. The lowest BCUT2D eigenvalue weighted by atomic mass is 10.0. The van der Waals surface area contributed by atoms with Crippen molar-refractivity contribution in [3.63, 3.8) is 0 Å². The molecular weight excluding hydrogens is 166 g/mol. The van der Waals surface area contributed by atoms with Crippen molar-refractivity contribution in [2.45, 2.75) is 40.0 Å². The van der Waals surface area contributed by atoms with Crippen molar-refractivity contribution < 1.29 is 9.53 Å². The summed E-state index contributed by atoms with van der Waals surface area (Å²) in [5.74, 6) is -0.637. The molecule has 13 heavy (non-hydrogen) atoms. The molecule has 0 saturated carbocycles. The van der Waals surface area contributed by atoms with E-state index in [0.29, 0.717) is 18.7 Å². The first-order chi connectivity index (χ1) is 6.13. The summed E-state index contributed by atoms with van der Waals surface area (Å²) in [6, 6.07) is 0. The fraction of sp³-hybridized carbons (Fsp3) is 0.800. The molecule has 0 aromatic carbocycles. The van der Waals surface area contributed by atoms with Crippen molar-refractivity contribution in [1.29, 1.82) is 5.41 Å². The average Bonchev–Trinajstić information content (AvgIpc) is 2.15. The molecule has 3 heteroatoms. The third-order valence-electron chi connectivity index (χ3n) is 2.00.